The van der Waals surface area contributed by atoms with E-state index >= 15 is 0 Å². The standard InChI is InChI=1S/C12H21ClN4/c1-3-5-17-12(14-9-15-17)8-16-6-4-10(2)11(13)7-16/h9-11H,3-8H2,1-2H3. The molecule has 1 saturated heterocycles. The predicted molar refractivity (Wildman–Crippen MR) is 69.0 cm³/mol. The average Bonchev–Trinajstić information content (AvgIpc) is 2.72. The molecule has 0 N–H and O–H groups in total. The van der Waals surface area contributed by atoms with E-state index in [0.717, 1.165) is 38.4 Å². The van der Waals surface area contributed by atoms with Gasteiger partial charge in [-0.05, 0) is 25.3 Å². The van der Waals surface area contributed by atoms with Crippen LogP contribution in [0.2, 0.25) is 0 Å². The molecular weight excluding hydrogens is 236 g/mol. The van der Waals surface area contributed by atoms with Crippen molar-refractivity contribution in [1.29, 1.82) is 0 Å². The lowest BCUT2D eigenvalue weighted by atomic mass is 9.99. The molecule has 2 heterocycles. The molecule has 17 heavy (non-hydrogen) atoms. The van der Waals surface area contributed by atoms with Gasteiger partial charge in [-0.1, -0.05) is 13.8 Å². The van der Waals surface area contributed by atoms with Gasteiger partial charge in [0.25, 0.3) is 0 Å². The highest BCUT2D eigenvalue weighted by atomic mass is 35.5. The van der Waals surface area contributed by atoms with Crippen LogP contribution < -0.4 is 0 Å². The summed E-state index contributed by atoms with van der Waals surface area (Å²) < 4.78 is 2.00. The third-order valence-corrected chi connectivity index (χ3v) is 4.02. The van der Waals surface area contributed by atoms with Gasteiger partial charge in [0.05, 0.1) is 6.54 Å². The second kappa shape index (κ2) is 5.83. The van der Waals surface area contributed by atoms with Gasteiger partial charge in [-0.15, -0.1) is 11.6 Å². The minimum absolute atomic E-state index is 0.270. The third-order valence-electron chi connectivity index (χ3n) is 3.45. The van der Waals surface area contributed by atoms with Gasteiger partial charge in [-0.3, -0.25) is 4.90 Å². The molecule has 1 fully saturated rings. The lowest BCUT2D eigenvalue weighted by Gasteiger charge is -2.33. The number of nitrogens with zero attached hydrogens (tertiary/aromatic N) is 4. The summed E-state index contributed by atoms with van der Waals surface area (Å²) in [5, 5.41) is 4.52. The van der Waals surface area contributed by atoms with Crippen molar-refractivity contribution in [2.24, 2.45) is 5.92 Å². The van der Waals surface area contributed by atoms with E-state index in [-0.39, 0.29) is 5.38 Å². The second-order valence-corrected chi connectivity index (χ2v) is 5.48. The number of rotatable bonds is 4. The van der Waals surface area contributed by atoms with E-state index in [1.165, 1.54) is 6.42 Å². The number of aromatic nitrogens is 3. The van der Waals surface area contributed by atoms with Gasteiger partial charge in [0.1, 0.15) is 12.2 Å². The predicted octanol–water partition coefficient (Wildman–Crippen LogP) is 2.14. The van der Waals surface area contributed by atoms with Crippen molar-refractivity contribution in [3.8, 4) is 0 Å². The van der Waals surface area contributed by atoms with Crippen molar-refractivity contribution >= 4 is 11.6 Å². The fourth-order valence-corrected chi connectivity index (χ4v) is 2.56. The molecule has 1 aromatic rings. The zero-order valence-corrected chi connectivity index (χ0v) is 11.4. The van der Waals surface area contributed by atoms with Crippen molar-refractivity contribution in [2.45, 2.75) is 45.2 Å². The van der Waals surface area contributed by atoms with Crippen LogP contribution in [0.1, 0.15) is 32.5 Å². The van der Waals surface area contributed by atoms with Crippen LogP contribution in [0, 0.1) is 5.92 Å². The Morgan fingerprint density at radius 1 is 1.53 bits per heavy atom. The largest absolute Gasteiger partial charge is 0.294 e. The van der Waals surface area contributed by atoms with Crippen molar-refractivity contribution in [3.05, 3.63) is 12.2 Å². The van der Waals surface area contributed by atoms with Gasteiger partial charge in [0.15, 0.2) is 0 Å². The first-order valence-corrected chi connectivity index (χ1v) is 6.87. The van der Waals surface area contributed by atoms with Crippen LogP contribution in [0.25, 0.3) is 0 Å². The number of hydrogen-bond donors (Lipinski definition) is 0. The Bertz CT molecular complexity index is 352. The summed E-state index contributed by atoms with van der Waals surface area (Å²) in [5.74, 6) is 1.69. The fourth-order valence-electron chi connectivity index (χ4n) is 2.24. The Morgan fingerprint density at radius 2 is 2.35 bits per heavy atom. The van der Waals surface area contributed by atoms with Gasteiger partial charge >= 0.3 is 0 Å². The first-order valence-electron chi connectivity index (χ1n) is 6.43. The summed E-state index contributed by atoms with van der Waals surface area (Å²) >= 11 is 6.32. The van der Waals surface area contributed by atoms with Crippen LogP contribution in [-0.2, 0) is 13.1 Å². The van der Waals surface area contributed by atoms with Gasteiger partial charge in [-0.2, -0.15) is 5.10 Å². The third kappa shape index (κ3) is 3.19. The molecule has 96 valence electrons. The summed E-state index contributed by atoms with van der Waals surface area (Å²) in [6.45, 7) is 8.28. The van der Waals surface area contributed by atoms with E-state index in [9.17, 15) is 0 Å². The smallest absolute Gasteiger partial charge is 0.141 e. The minimum Gasteiger partial charge on any atom is -0.294 e. The van der Waals surface area contributed by atoms with E-state index < -0.39 is 0 Å². The Kier molecular flexibility index (Phi) is 4.40. The van der Waals surface area contributed by atoms with Crippen molar-refractivity contribution in [1.82, 2.24) is 19.7 Å². The quantitative estimate of drug-likeness (QED) is 0.774. The maximum atomic E-state index is 6.32. The van der Waals surface area contributed by atoms with Crippen LogP contribution in [0.5, 0.6) is 0 Å². The molecule has 2 unspecified atom stereocenters. The lowest BCUT2D eigenvalue weighted by molar-refractivity contribution is 0.182. The van der Waals surface area contributed by atoms with Gasteiger partial charge < -0.3 is 0 Å². The number of aryl methyl sites for hydroxylation is 1. The van der Waals surface area contributed by atoms with E-state index in [4.69, 9.17) is 11.6 Å². The molecule has 5 heteroatoms. The molecule has 0 aliphatic carbocycles. The van der Waals surface area contributed by atoms with E-state index in [1.807, 2.05) is 4.68 Å². The second-order valence-electron chi connectivity index (χ2n) is 4.92. The number of likely N-dealkylation sites (tertiary alicyclic amines) is 1. The maximum Gasteiger partial charge on any atom is 0.141 e. The average molecular weight is 257 g/mol. The topological polar surface area (TPSA) is 34.0 Å². The Labute approximate surface area is 108 Å². The summed E-state index contributed by atoms with van der Waals surface area (Å²) in [7, 11) is 0. The monoisotopic (exact) mass is 256 g/mol. The summed E-state index contributed by atoms with van der Waals surface area (Å²) in [4.78, 5) is 6.72. The molecule has 4 nitrogen and oxygen atoms in total. The molecule has 0 amide bonds. The fraction of sp³-hybridized carbons (Fsp3) is 0.833. The molecule has 1 aromatic heterocycles. The Hall–Kier alpha value is -0.610. The molecule has 2 atom stereocenters. The highest BCUT2D eigenvalue weighted by Gasteiger charge is 2.25. The van der Waals surface area contributed by atoms with Crippen LogP contribution >= 0.6 is 11.6 Å². The molecule has 0 radical (unpaired) electrons. The molecular formula is C12H21ClN4. The summed E-state index contributed by atoms with van der Waals surface area (Å²) in [5.41, 5.74) is 0. The van der Waals surface area contributed by atoms with Crippen molar-refractivity contribution < 1.29 is 0 Å². The summed E-state index contributed by atoms with van der Waals surface area (Å²) in [6, 6.07) is 0. The normalized spacial score (nSPS) is 26.3. The van der Waals surface area contributed by atoms with Crippen LogP contribution in [0.3, 0.4) is 0 Å². The van der Waals surface area contributed by atoms with Crippen molar-refractivity contribution in [2.75, 3.05) is 13.1 Å². The molecule has 0 spiro atoms. The zero-order chi connectivity index (χ0) is 12.3. The maximum absolute atomic E-state index is 6.32. The Morgan fingerprint density at radius 3 is 3.06 bits per heavy atom. The van der Waals surface area contributed by atoms with E-state index in [0.29, 0.717) is 5.92 Å². The van der Waals surface area contributed by atoms with Crippen molar-refractivity contribution in [3.63, 3.8) is 0 Å². The number of halogens is 1. The molecule has 0 saturated carbocycles. The highest BCUT2D eigenvalue weighted by molar-refractivity contribution is 6.21. The highest BCUT2D eigenvalue weighted by Crippen LogP contribution is 2.22. The molecule has 0 bridgehead atoms. The first kappa shape index (κ1) is 12.8. The first-order chi connectivity index (χ1) is 8.20. The van der Waals surface area contributed by atoms with E-state index in [1.54, 1.807) is 6.33 Å². The number of hydrogen-bond acceptors (Lipinski definition) is 3. The molecule has 2 rings (SSSR count). The zero-order valence-electron chi connectivity index (χ0n) is 10.6. The van der Waals surface area contributed by atoms with Gasteiger partial charge in [0.2, 0.25) is 0 Å². The SMILES string of the molecule is CCCn1ncnc1CN1CCC(C)C(Cl)C1. The Balaban J connectivity index is 1.94. The molecule has 1 aliphatic rings. The van der Waals surface area contributed by atoms with Gasteiger partial charge in [0, 0.05) is 18.5 Å². The number of piperidine rings is 1. The van der Waals surface area contributed by atoms with Crippen LogP contribution in [0.4, 0.5) is 0 Å². The lowest BCUT2D eigenvalue weighted by Crippen LogP contribution is -2.40. The molecule has 1 aliphatic heterocycles. The van der Waals surface area contributed by atoms with Crippen LogP contribution in [0.15, 0.2) is 6.33 Å². The van der Waals surface area contributed by atoms with Crippen LogP contribution in [-0.4, -0.2) is 38.1 Å². The molecule has 0 aromatic carbocycles. The van der Waals surface area contributed by atoms with Gasteiger partial charge in [-0.25, -0.2) is 9.67 Å². The van der Waals surface area contributed by atoms with E-state index in [2.05, 4.69) is 28.8 Å². The summed E-state index contributed by atoms with van der Waals surface area (Å²) in [6.07, 6.45) is 3.91. The number of alkyl halides is 1. The minimum atomic E-state index is 0.270.